The number of hydrogen-bond donors (Lipinski definition) is 2. The van der Waals surface area contributed by atoms with E-state index in [2.05, 4.69) is 15.4 Å². The standard InChI is InChI=1S/C15H24N2O4/c1-5-10(2)17-14(18)8-9-16-11(3)12-6-7-13(21-12)15(19)20-4/h6-7,10-11,16H,5,8-9H2,1-4H3,(H,17,18). The highest BCUT2D eigenvalue weighted by molar-refractivity contribution is 5.86. The van der Waals surface area contributed by atoms with E-state index in [1.165, 1.54) is 7.11 Å². The van der Waals surface area contributed by atoms with Gasteiger partial charge in [0, 0.05) is 19.0 Å². The summed E-state index contributed by atoms with van der Waals surface area (Å²) in [5, 5.41) is 6.09. The van der Waals surface area contributed by atoms with Gasteiger partial charge in [0.25, 0.3) is 0 Å². The molecule has 0 aliphatic rings. The van der Waals surface area contributed by atoms with Crippen LogP contribution in [0.15, 0.2) is 16.5 Å². The van der Waals surface area contributed by atoms with Crippen molar-refractivity contribution in [1.82, 2.24) is 10.6 Å². The number of carbonyl (C=O) groups is 2. The van der Waals surface area contributed by atoms with Gasteiger partial charge in [-0.25, -0.2) is 4.79 Å². The first-order valence-corrected chi connectivity index (χ1v) is 7.18. The number of nitrogens with one attached hydrogen (secondary N) is 2. The highest BCUT2D eigenvalue weighted by atomic mass is 16.5. The highest BCUT2D eigenvalue weighted by Crippen LogP contribution is 2.16. The molecule has 1 aromatic heterocycles. The molecule has 0 fully saturated rings. The smallest absolute Gasteiger partial charge is 0.373 e. The van der Waals surface area contributed by atoms with Crippen molar-refractivity contribution in [2.24, 2.45) is 0 Å². The average Bonchev–Trinajstić information content (AvgIpc) is 2.95. The fraction of sp³-hybridized carbons (Fsp3) is 0.600. The lowest BCUT2D eigenvalue weighted by Crippen LogP contribution is -2.34. The number of hydrogen-bond acceptors (Lipinski definition) is 5. The lowest BCUT2D eigenvalue weighted by Gasteiger charge is -2.13. The van der Waals surface area contributed by atoms with Crippen LogP contribution < -0.4 is 10.6 Å². The van der Waals surface area contributed by atoms with E-state index in [0.717, 1.165) is 6.42 Å². The first-order chi connectivity index (χ1) is 9.97. The Kier molecular flexibility index (Phi) is 6.94. The lowest BCUT2D eigenvalue weighted by molar-refractivity contribution is -0.121. The predicted octanol–water partition coefficient (Wildman–Crippen LogP) is 2.02. The first-order valence-electron chi connectivity index (χ1n) is 7.18. The Morgan fingerprint density at radius 3 is 2.67 bits per heavy atom. The number of esters is 1. The van der Waals surface area contributed by atoms with E-state index in [-0.39, 0.29) is 23.8 Å². The van der Waals surface area contributed by atoms with Crippen molar-refractivity contribution >= 4 is 11.9 Å². The average molecular weight is 296 g/mol. The van der Waals surface area contributed by atoms with Crippen LogP contribution in [-0.4, -0.2) is 31.6 Å². The van der Waals surface area contributed by atoms with Crippen molar-refractivity contribution in [3.05, 3.63) is 23.7 Å². The zero-order valence-corrected chi connectivity index (χ0v) is 13.1. The van der Waals surface area contributed by atoms with Gasteiger partial charge in [0.1, 0.15) is 5.76 Å². The molecule has 1 heterocycles. The molecule has 0 aromatic carbocycles. The third kappa shape index (κ3) is 5.59. The molecular formula is C15H24N2O4. The van der Waals surface area contributed by atoms with Gasteiger partial charge in [0.05, 0.1) is 13.2 Å². The van der Waals surface area contributed by atoms with E-state index in [0.29, 0.717) is 18.7 Å². The van der Waals surface area contributed by atoms with Crippen LogP contribution in [0.5, 0.6) is 0 Å². The first kappa shape index (κ1) is 17.2. The van der Waals surface area contributed by atoms with Crippen molar-refractivity contribution in [2.45, 2.75) is 45.7 Å². The summed E-state index contributed by atoms with van der Waals surface area (Å²) in [6.07, 6.45) is 1.32. The minimum atomic E-state index is -0.499. The van der Waals surface area contributed by atoms with E-state index < -0.39 is 5.97 Å². The topological polar surface area (TPSA) is 80.6 Å². The van der Waals surface area contributed by atoms with Gasteiger partial charge in [0.2, 0.25) is 11.7 Å². The second kappa shape index (κ2) is 8.46. The molecule has 0 radical (unpaired) electrons. The Morgan fingerprint density at radius 1 is 1.33 bits per heavy atom. The molecule has 0 aliphatic carbocycles. The number of rotatable bonds is 8. The Balaban J connectivity index is 2.37. The van der Waals surface area contributed by atoms with Crippen LogP contribution in [0.3, 0.4) is 0 Å². The molecule has 21 heavy (non-hydrogen) atoms. The Morgan fingerprint density at radius 2 is 2.05 bits per heavy atom. The van der Waals surface area contributed by atoms with Crippen LogP contribution in [0.1, 0.15) is 56.0 Å². The fourth-order valence-corrected chi connectivity index (χ4v) is 1.75. The fourth-order valence-electron chi connectivity index (χ4n) is 1.75. The van der Waals surface area contributed by atoms with Crippen LogP contribution in [-0.2, 0) is 9.53 Å². The molecule has 118 valence electrons. The van der Waals surface area contributed by atoms with E-state index in [1.807, 2.05) is 20.8 Å². The Bertz CT molecular complexity index is 470. The molecule has 2 N–H and O–H groups in total. The van der Waals surface area contributed by atoms with Gasteiger partial charge in [-0.15, -0.1) is 0 Å². The van der Waals surface area contributed by atoms with Gasteiger partial charge in [0.15, 0.2) is 0 Å². The second-order valence-corrected chi connectivity index (χ2v) is 5.00. The van der Waals surface area contributed by atoms with Crippen molar-refractivity contribution in [1.29, 1.82) is 0 Å². The SMILES string of the molecule is CCC(C)NC(=O)CCNC(C)c1ccc(C(=O)OC)o1. The van der Waals surface area contributed by atoms with Crippen LogP contribution in [0.25, 0.3) is 0 Å². The van der Waals surface area contributed by atoms with Crippen LogP contribution in [0.2, 0.25) is 0 Å². The number of amides is 1. The number of methoxy groups -OCH3 is 1. The van der Waals surface area contributed by atoms with Crippen molar-refractivity contribution in [3.63, 3.8) is 0 Å². The van der Waals surface area contributed by atoms with Gasteiger partial charge in [-0.2, -0.15) is 0 Å². The van der Waals surface area contributed by atoms with Gasteiger partial charge < -0.3 is 19.8 Å². The lowest BCUT2D eigenvalue weighted by atomic mass is 10.2. The van der Waals surface area contributed by atoms with Crippen molar-refractivity contribution < 1.29 is 18.7 Å². The molecule has 1 aromatic rings. The van der Waals surface area contributed by atoms with Gasteiger partial charge in [-0.1, -0.05) is 6.92 Å². The molecule has 6 heteroatoms. The summed E-state index contributed by atoms with van der Waals surface area (Å²) in [6, 6.07) is 3.42. The van der Waals surface area contributed by atoms with Crippen LogP contribution in [0, 0.1) is 0 Å². The number of furan rings is 1. The maximum Gasteiger partial charge on any atom is 0.373 e. The molecule has 2 atom stereocenters. The summed E-state index contributed by atoms with van der Waals surface area (Å²) < 4.78 is 9.98. The predicted molar refractivity (Wildman–Crippen MR) is 79.0 cm³/mol. The maximum absolute atomic E-state index is 11.6. The van der Waals surface area contributed by atoms with E-state index in [4.69, 9.17) is 4.42 Å². The Hall–Kier alpha value is -1.82. The quantitative estimate of drug-likeness (QED) is 0.717. The molecule has 0 saturated carbocycles. The molecular weight excluding hydrogens is 272 g/mol. The van der Waals surface area contributed by atoms with E-state index in [1.54, 1.807) is 12.1 Å². The summed E-state index contributed by atoms with van der Waals surface area (Å²) in [6.45, 7) is 6.45. The number of carbonyl (C=O) groups excluding carboxylic acids is 2. The minimum Gasteiger partial charge on any atom is -0.463 e. The third-order valence-corrected chi connectivity index (χ3v) is 3.26. The summed E-state index contributed by atoms with van der Waals surface area (Å²) >= 11 is 0. The van der Waals surface area contributed by atoms with Gasteiger partial charge >= 0.3 is 5.97 Å². The second-order valence-electron chi connectivity index (χ2n) is 5.00. The normalized spacial score (nSPS) is 13.5. The molecule has 6 nitrogen and oxygen atoms in total. The monoisotopic (exact) mass is 296 g/mol. The summed E-state index contributed by atoms with van der Waals surface area (Å²) in [5.41, 5.74) is 0. The van der Waals surface area contributed by atoms with E-state index >= 15 is 0 Å². The molecule has 0 spiro atoms. The van der Waals surface area contributed by atoms with Crippen LogP contribution in [0.4, 0.5) is 0 Å². The zero-order chi connectivity index (χ0) is 15.8. The summed E-state index contributed by atoms with van der Waals surface area (Å²) in [7, 11) is 1.31. The maximum atomic E-state index is 11.6. The minimum absolute atomic E-state index is 0.0266. The van der Waals surface area contributed by atoms with Crippen molar-refractivity contribution in [2.75, 3.05) is 13.7 Å². The zero-order valence-electron chi connectivity index (χ0n) is 13.1. The molecule has 0 saturated heterocycles. The van der Waals surface area contributed by atoms with Crippen molar-refractivity contribution in [3.8, 4) is 0 Å². The van der Waals surface area contributed by atoms with Gasteiger partial charge in [-0.3, -0.25) is 4.79 Å². The number of ether oxygens (including phenoxy) is 1. The largest absolute Gasteiger partial charge is 0.463 e. The molecule has 0 bridgehead atoms. The molecule has 1 rings (SSSR count). The molecule has 2 unspecified atom stereocenters. The van der Waals surface area contributed by atoms with Crippen LogP contribution >= 0.6 is 0 Å². The summed E-state index contributed by atoms with van der Waals surface area (Å²) in [5.74, 6) is 0.341. The third-order valence-electron chi connectivity index (χ3n) is 3.26. The summed E-state index contributed by atoms with van der Waals surface area (Å²) in [4.78, 5) is 22.9. The molecule has 1 amide bonds. The highest BCUT2D eigenvalue weighted by Gasteiger charge is 2.15. The van der Waals surface area contributed by atoms with Gasteiger partial charge in [-0.05, 0) is 32.4 Å². The molecule has 0 aliphatic heterocycles. The Labute approximate surface area is 125 Å². The van der Waals surface area contributed by atoms with E-state index in [9.17, 15) is 9.59 Å².